The van der Waals surface area contributed by atoms with Gasteiger partial charge in [-0.05, 0) is 45.0 Å². The van der Waals surface area contributed by atoms with E-state index in [1.807, 2.05) is 0 Å². The third-order valence-corrected chi connectivity index (χ3v) is 6.44. The zero-order chi connectivity index (χ0) is 26.3. The number of aromatic nitrogens is 1. The first kappa shape index (κ1) is 27.3. The molecule has 0 fully saturated rings. The van der Waals surface area contributed by atoms with E-state index < -0.39 is 27.6 Å². The lowest BCUT2D eigenvalue weighted by Gasteiger charge is -2.19. The van der Waals surface area contributed by atoms with Crippen molar-refractivity contribution in [2.75, 3.05) is 31.0 Å². The normalized spacial score (nSPS) is 11.8. The number of sulfonamides is 1. The number of alkyl carbamates (subject to hydrolysis) is 1. The van der Waals surface area contributed by atoms with E-state index in [9.17, 15) is 18.0 Å². The molecular weight excluding hydrogens is 508 g/mol. The Morgan fingerprint density at radius 2 is 1.72 bits per heavy atom. The Kier molecular flexibility index (Phi) is 8.83. The van der Waals surface area contributed by atoms with Gasteiger partial charge in [0.25, 0.3) is 15.9 Å². The standard InChI is InChI=1S/C24H29ClN4O6S/c1-24(2,3)35-23(31)27-11-13-34-12-10-26-22(30)16-6-4-7-17(14-16)36(32,33)29-20-9-5-8-18-19(25)15-28-21(18)20/h4-9,14-15,28-29H,10-13H2,1-3H3,(H,26,30)(H,27,31). The molecule has 0 saturated heterocycles. The lowest BCUT2D eigenvalue weighted by atomic mass is 10.2. The van der Waals surface area contributed by atoms with Gasteiger partial charge in [-0.1, -0.05) is 29.8 Å². The van der Waals surface area contributed by atoms with Crippen LogP contribution in [0, 0.1) is 0 Å². The van der Waals surface area contributed by atoms with Gasteiger partial charge in [-0.2, -0.15) is 0 Å². The molecule has 3 aromatic rings. The summed E-state index contributed by atoms with van der Waals surface area (Å²) < 4.78 is 39.0. The minimum Gasteiger partial charge on any atom is -0.444 e. The Bertz CT molecular complexity index is 1330. The molecule has 0 aliphatic carbocycles. The van der Waals surface area contributed by atoms with Crippen molar-refractivity contribution in [3.63, 3.8) is 0 Å². The predicted octanol–water partition coefficient (Wildman–Crippen LogP) is 3.89. The largest absolute Gasteiger partial charge is 0.444 e. The Morgan fingerprint density at radius 3 is 2.44 bits per heavy atom. The van der Waals surface area contributed by atoms with Crippen molar-refractivity contribution in [2.45, 2.75) is 31.3 Å². The second-order valence-electron chi connectivity index (χ2n) is 8.80. The topological polar surface area (TPSA) is 139 Å². The number of hydrogen-bond acceptors (Lipinski definition) is 6. The molecule has 4 N–H and O–H groups in total. The van der Waals surface area contributed by atoms with Crippen molar-refractivity contribution >= 4 is 50.2 Å². The number of rotatable bonds is 10. The summed E-state index contributed by atoms with van der Waals surface area (Å²) in [6.45, 7) is 6.24. The van der Waals surface area contributed by atoms with E-state index in [4.69, 9.17) is 21.1 Å². The molecule has 0 saturated carbocycles. The highest BCUT2D eigenvalue weighted by molar-refractivity contribution is 7.92. The summed E-state index contributed by atoms with van der Waals surface area (Å²) >= 11 is 6.12. The molecule has 1 heterocycles. The first-order valence-corrected chi connectivity index (χ1v) is 13.0. The van der Waals surface area contributed by atoms with Gasteiger partial charge in [0, 0.05) is 30.2 Å². The zero-order valence-corrected chi connectivity index (χ0v) is 21.8. The maximum Gasteiger partial charge on any atom is 0.407 e. The third kappa shape index (κ3) is 7.61. The summed E-state index contributed by atoms with van der Waals surface area (Å²) in [6, 6.07) is 10.8. The van der Waals surface area contributed by atoms with Crippen LogP contribution in [0.3, 0.4) is 0 Å². The number of ether oxygens (including phenoxy) is 2. The van der Waals surface area contributed by atoms with Crippen molar-refractivity contribution in [3.05, 3.63) is 59.2 Å². The smallest absolute Gasteiger partial charge is 0.407 e. The molecule has 194 valence electrons. The minimum atomic E-state index is -3.97. The van der Waals surface area contributed by atoms with E-state index in [1.165, 1.54) is 24.3 Å². The fourth-order valence-electron chi connectivity index (χ4n) is 3.19. The van der Waals surface area contributed by atoms with E-state index in [0.717, 1.165) is 0 Å². The Hall–Kier alpha value is -3.28. The molecule has 2 amide bonds. The first-order valence-electron chi connectivity index (χ1n) is 11.2. The fraction of sp³-hybridized carbons (Fsp3) is 0.333. The van der Waals surface area contributed by atoms with Crippen LogP contribution >= 0.6 is 11.6 Å². The second kappa shape index (κ2) is 11.6. The highest BCUT2D eigenvalue weighted by Crippen LogP contribution is 2.29. The molecule has 12 heteroatoms. The van der Waals surface area contributed by atoms with E-state index in [-0.39, 0.29) is 36.8 Å². The molecule has 3 rings (SSSR count). The van der Waals surface area contributed by atoms with Gasteiger partial charge in [-0.3, -0.25) is 9.52 Å². The van der Waals surface area contributed by atoms with E-state index in [2.05, 4.69) is 20.3 Å². The number of nitrogens with one attached hydrogen (secondary N) is 4. The maximum absolute atomic E-state index is 13.0. The van der Waals surface area contributed by atoms with Crippen LogP contribution in [0.4, 0.5) is 10.5 Å². The van der Waals surface area contributed by atoms with Gasteiger partial charge < -0.3 is 25.1 Å². The molecular formula is C24H29ClN4O6S. The van der Waals surface area contributed by atoms with Crippen LogP contribution in [-0.4, -0.2) is 57.3 Å². The molecule has 10 nitrogen and oxygen atoms in total. The van der Waals surface area contributed by atoms with Crippen molar-refractivity contribution in [1.29, 1.82) is 0 Å². The van der Waals surface area contributed by atoms with E-state index in [0.29, 0.717) is 21.6 Å². The second-order valence-corrected chi connectivity index (χ2v) is 10.9. The number of halogens is 1. The van der Waals surface area contributed by atoms with Crippen molar-refractivity contribution < 1.29 is 27.5 Å². The van der Waals surface area contributed by atoms with Gasteiger partial charge in [0.1, 0.15) is 5.60 Å². The molecule has 0 atom stereocenters. The SMILES string of the molecule is CC(C)(C)OC(=O)NCCOCCNC(=O)c1cccc(S(=O)(=O)Nc2cccc3c(Cl)c[nH]c23)c1. The summed E-state index contributed by atoms with van der Waals surface area (Å²) in [7, 11) is -3.97. The van der Waals surface area contributed by atoms with Gasteiger partial charge >= 0.3 is 6.09 Å². The van der Waals surface area contributed by atoms with Gasteiger partial charge in [-0.25, -0.2) is 13.2 Å². The van der Waals surface area contributed by atoms with Crippen molar-refractivity contribution in [1.82, 2.24) is 15.6 Å². The fourth-order valence-corrected chi connectivity index (χ4v) is 4.52. The molecule has 0 aliphatic heterocycles. The number of benzene rings is 2. The summed E-state index contributed by atoms with van der Waals surface area (Å²) in [6.07, 6.45) is 1.05. The molecule has 0 bridgehead atoms. The Morgan fingerprint density at radius 1 is 1.03 bits per heavy atom. The highest BCUT2D eigenvalue weighted by Gasteiger charge is 2.19. The van der Waals surface area contributed by atoms with Crippen LogP contribution < -0.4 is 15.4 Å². The number of carbonyl (C=O) groups is 2. The number of para-hydroxylation sites is 1. The maximum atomic E-state index is 13.0. The third-order valence-electron chi connectivity index (χ3n) is 4.76. The summed E-state index contributed by atoms with van der Waals surface area (Å²) in [5, 5.41) is 6.41. The first-order chi connectivity index (χ1) is 17.0. The molecule has 36 heavy (non-hydrogen) atoms. The van der Waals surface area contributed by atoms with Gasteiger partial charge in [0.05, 0.1) is 34.3 Å². The predicted molar refractivity (Wildman–Crippen MR) is 138 cm³/mol. The number of anilines is 1. The summed E-state index contributed by atoms with van der Waals surface area (Å²) in [5.74, 6) is -0.444. The van der Waals surface area contributed by atoms with Crippen molar-refractivity contribution in [3.8, 4) is 0 Å². The van der Waals surface area contributed by atoms with Crippen molar-refractivity contribution in [2.24, 2.45) is 0 Å². The van der Waals surface area contributed by atoms with Gasteiger partial charge in [0.2, 0.25) is 0 Å². The van der Waals surface area contributed by atoms with Gasteiger partial charge in [0.15, 0.2) is 0 Å². The number of amides is 2. The number of hydrogen-bond donors (Lipinski definition) is 4. The quantitative estimate of drug-likeness (QED) is 0.290. The van der Waals surface area contributed by atoms with Crippen LogP contribution in [0.15, 0.2) is 53.6 Å². The van der Waals surface area contributed by atoms with Crippen LogP contribution in [0.25, 0.3) is 10.9 Å². The molecule has 0 aliphatic rings. The van der Waals surface area contributed by atoms with Gasteiger partial charge in [-0.15, -0.1) is 0 Å². The average Bonchev–Trinajstić information content (AvgIpc) is 3.19. The number of H-pyrrole nitrogens is 1. The summed E-state index contributed by atoms with van der Waals surface area (Å²) in [5.41, 5.74) is 0.506. The highest BCUT2D eigenvalue weighted by atomic mass is 35.5. The molecule has 1 aromatic heterocycles. The zero-order valence-electron chi connectivity index (χ0n) is 20.2. The minimum absolute atomic E-state index is 0.0609. The average molecular weight is 537 g/mol. The molecule has 0 unspecified atom stereocenters. The molecule has 0 spiro atoms. The Balaban J connectivity index is 1.49. The van der Waals surface area contributed by atoms with Crippen LogP contribution in [-0.2, 0) is 19.5 Å². The molecule has 2 aromatic carbocycles. The Labute approximate surface area is 214 Å². The van der Waals surface area contributed by atoms with E-state index >= 15 is 0 Å². The van der Waals surface area contributed by atoms with E-state index in [1.54, 1.807) is 45.2 Å². The summed E-state index contributed by atoms with van der Waals surface area (Å²) in [4.78, 5) is 26.9. The number of fused-ring (bicyclic) bond motifs is 1. The van der Waals surface area contributed by atoms with Crippen LogP contribution in [0.5, 0.6) is 0 Å². The van der Waals surface area contributed by atoms with Crippen LogP contribution in [0.1, 0.15) is 31.1 Å². The lowest BCUT2D eigenvalue weighted by Crippen LogP contribution is -2.34. The van der Waals surface area contributed by atoms with Crippen LogP contribution in [0.2, 0.25) is 5.02 Å². The number of carbonyl (C=O) groups excluding carboxylic acids is 2. The number of aromatic amines is 1. The molecule has 0 radical (unpaired) electrons. The lowest BCUT2D eigenvalue weighted by molar-refractivity contribution is 0.0500. The monoisotopic (exact) mass is 536 g/mol.